The molecule has 0 fully saturated rings. The molecule has 0 unspecified atom stereocenters. The summed E-state index contributed by atoms with van der Waals surface area (Å²) in [6, 6.07) is 4.80. The van der Waals surface area contributed by atoms with Gasteiger partial charge in [-0.2, -0.15) is 5.26 Å². The van der Waals surface area contributed by atoms with Crippen LogP contribution in [0.2, 0.25) is 0 Å². The van der Waals surface area contributed by atoms with Gasteiger partial charge in [-0.25, -0.2) is 0 Å². The molecule has 0 spiro atoms. The predicted molar refractivity (Wildman–Crippen MR) is 42.0 cm³/mol. The summed E-state index contributed by atoms with van der Waals surface area (Å²) in [5, 5.41) is 17.6. The molecule has 0 bridgehead atoms. The van der Waals surface area contributed by atoms with Gasteiger partial charge in [-0.15, -0.1) is 0 Å². The van der Waals surface area contributed by atoms with Gasteiger partial charge in [0.15, 0.2) is 0 Å². The van der Waals surface area contributed by atoms with Gasteiger partial charge in [-0.1, -0.05) is 0 Å². The van der Waals surface area contributed by atoms with Crippen LogP contribution in [0.1, 0.15) is 11.1 Å². The van der Waals surface area contributed by atoms with Gasteiger partial charge in [-0.05, 0) is 18.6 Å². The van der Waals surface area contributed by atoms with E-state index in [0.29, 0.717) is 5.69 Å². The van der Waals surface area contributed by atoms with Gasteiger partial charge < -0.3 is 10.8 Å². The van der Waals surface area contributed by atoms with Crippen molar-refractivity contribution in [1.29, 1.82) is 5.26 Å². The number of anilines is 1. The number of nitrogens with zero attached hydrogens (tertiary/aromatic N) is 1. The summed E-state index contributed by atoms with van der Waals surface area (Å²) in [5.41, 5.74) is 7.04. The van der Waals surface area contributed by atoms with Gasteiger partial charge in [0.2, 0.25) is 0 Å². The molecule has 56 valence electrons. The Morgan fingerprint density at radius 3 is 2.73 bits per heavy atom. The molecule has 0 radical (unpaired) electrons. The van der Waals surface area contributed by atoms with E-state index < -0.39 is 0 Å². The minimum Gasteiger partial charge on any atom is -0.506 e. The molecule has 1 rings (SSSR count). The number of hydrogen-bond acceptors (Lipinski definition) is 3. The van der Waals surface area contributed by atoms with Crippen molar-refractivity contribution in [3.63, 3.8) is 0 Å². The second-order valence-electron chi connectivity index (χ2n) is 2.34. The van der Waals surface area contributed by atoms with Gasteiger partial charge in [0.1, 0.15) is 11.8 Å². The predicted octanol–water partition coefficient (Wildman–Crippen LogP) is 1.15. The number of rotatable bonds is 0. The standard InChI is InChI=1S/C8H8N2O/c1-5-2-6(4-9)8(11)3-7(5)10/h2-3,11H,10H2,1H3. The van der Waals surface area contributed by atoms with E-state index in [-0.39, 0.29) is 11.3 Å². The first kappa shape index (κ1) is 7.42. The minimum absolute atomic E-state index is 0.0596. The van der Waals surface area contributed by atoms with E-state index in [1.54, 1.807) is 13.0 Å². The number of nitrogens with two attached hydrogens (primary N) is 1. The van der Waals surface area contributed by atoms with Crippen molar-refractivity contribution < 1.29 is 5.11 Å². The van der Waals surface area contributed by atoms with Gasteiger partial charge in [0.25, 0.3) is 0 Å². The lowest BCUT2D eigenvalue weighted by Crippen LogP contribution is -1.90. The molecule has 0 saturated carbocycles. The van der Waals surface area contributed by atoms with Crippen LogP contribution >= 0.6 is 0 Å². The molecule has 3 heteroatoms. The number of nitrogen functional groups attached to an aromatic ring is 1. The van der Waals surface area contributed by atoms with E-state index >= 15 is 0 Å². The van der Waals surface area contributed by atoms with Gasteiger partial charge in [-0.3, -0.25) is 0 Å². The van der Waals surface area contributed by atoms with Crippen LogP contribution in [0.15, 0.2) is 12.1 Å². The highest BCUT2D eigenvalue weighted by Gasteiger charge is 2.02. The van der Waals surface area contributed by atoms with Crippen LogP contribution in [-0.4, -0.2) is 5.11 Å². The first-order valence-corrected chi connectivity index (χ1v) is 3.14. The quantitative estimate of drug-likeness (QED) is 0.542. The van der Waals surface area contributed by atoms with Crippen LogP contribution in [0.3, 0.4) is 0 Å². The zero-order valence-electron chi connectivity index (χ0n) is 6.13. The number of benzene rings is 1. The maximum atomic E-state index is 9.11. The summed E-state index contributed by atoms with van der Waals surface area (Å²) in [7, 11) is 0. The molecule has 0 atom stereocenters. The molecule has 0 aliphatic carbocycles. The van der Waals surface area contributed by atoms with Crippen molar-refractivity contribution in [2.75, 3.05) is 5.73 Å². The zero-order chi connectivity index (χ0) is 8.43. The molecule has 0 amide bonds. The summed E-state index contributed by atoms with van der Waals surface area (Å²) >= 11 is 0. The largest absolute Gasteiger partial charge is 0.506 e. The van der Waals surface area contributed by atoms with Crippen molar-refractivity contribution in [2.24, 2.45) is 0 Å². The fourth-order valence-corrected chi connectivity index (χ4v) is 0.802. The molecular formula is C8H8N2O. The smallest absolute Gasteiger partial charge is 0.135 e. The first-order chi connectivity index (χ1) is 5.15. The Bertz CT molecular complexity index is 326. The first-order valence-electron chi connectivity index (χ1n) is 3.14. The second kappa shape index (κ2) is 2.51. The van der Waals surface area contributed by atoms with Crippen molar-refractivity contribution in [1.82, 2.24) is 0 Å². The van der Waals surface area contributed by atoms with E-state index in [4.69, 9.17) is 16.1 Å². The molecule has 3 nitrogen and oxygen atoms in total. The van der Waals surface area contributed by atoms with Crippen LogP contribution in [0.5, 0.6) is 5.75 Å². The van der Waals surface area contributed by atoms with E-state index in [0.717, 1.165) is 5.56 Å². The fourth-order valence-electron chi connectivity index (χ4n) is 0.802. The summed E-state index contributed by atoms with van der Waals surface area (Å²) in [5.74, 6) is -0.0596. The summed E-state index contributed by atoms with van der Waals surface area (Å²) in [6.07, 6.45) is 0. The van der Waals surface area contributed by atoms with Crippen LogP contribution < -0.4 is 5.73 Å². The number of aromatic hydroxyl groups is 1. The lowest BCUT2D eigenvalue weighted by molar-refractivity contribution is 0.474. The Hall–Kier alpha value is -1.69. The van der Waals surface area contributed by atoms with E-state index in [1.807, 2.05) is 6.07 Å². The maximum Gasteiger partial charge on any atom is 0.135 e. The lowest BCUT2D eigenvalue weighted by Gasteiger charge is -2.01. The zero-order valence-corrected chi connectivity index (χ0v) is 6.13. The molecule has 3 N–H and O–H groups in total. The van der Waals surface area contributed by atoms with Crippen molar-refractivity contribution >= 4 is 5.69 Å². The van der Waals surface area contributed by atoms with Gasteiger partial charge >= 0.3 is 0 Å². The average molecular weight is 148 g/mol. The lowest BCUT2D eigenvalue weighted by atomic mass is 10.1. The highest BCUT2D eigenvalue weighted by molar-refractivity contribution is 5.57. The molecule has 1 aromatic carbocycles. The van der Waals surface area contributed by atoms with Crippen molar-refractivity contribution in [2.45, 2.75) is 6.92 Å². The number of nitriles is 1. The normalized spacial score (nSPS) is 9.09. The van der Waals surface area contributed by atoms with Gasteiger partial charge in [0.05, 0.1) is 5.56 Å². The number of aryl methyl sites for hydroxylation is 1. The molecule has 0 aromatic heterocycles. The van der Waals surface area contributed by atoms with E-state index in [2.05, 4.69) is 0 Å². The highest BCUT2D eigenvalue weighted by atomic mass is 16.3. The summed E-state index contributed by atoms with van der Waals surface area (Å²) in [4.78, 5) is 0. The molecule has 0 aliphatic heterocycles. The Labute approximate surface area is 64.7 Å². The second-order valence-corrected chi connectivity index (χ2v) is 2.34. The van der Waals surface area contributed by atoms with Crippen LogP contribution in [0.25, 0.3) is 0 Å². The van der Waals surface area contributed by atoms with Crippen molar-refractivity contribution in [3.05, 3.63) is 23.3 Å². The number of phenols is 1. The minimum atomic E-state index is -0.0596. The summed E-state index contributed by atoms with van der Waals surface area (Å²) in [6.45, 7) is 1.79. The molecule has 1 aromatic rings. The fraction of sp³-hybridized carbons (Fsp3) is 0.125. The SMILES string of the molecule is Cc1cc(C#N)c(O)cc1N. The Morgan fingerprint density at radius 1 is 1.55 bits per heavy atom. The number of hydrogen-bond donors (Lipinski definition) is 2. The van der Waals surface area contributed by atoms with E-state index in [9.17, 15) is 0 Å². The molecule has 0 aliphatic rings. The third-order valence-electron chi connectivity index (χ3n) is 1.50. The van der Waals surface area contributed by atoms with E-state index in [1.165, 1.54) is 6.07 Å². The van der Waals surface area contributed by atoms with Crippen molar-refractivity contribution in [3.8, 4) is 11.8 Å². The maximum absolute atomic E-state index is 9.11. The Kier molecular flexibility index (Phi) is 1.69. The molecule has 0 saturated heterocycles. The Morgan fingerprint density at radius 2 is 2.18 bits per heavy atom. The Balaban J connectivity index is 3.35. The van der Waals surface area contributed by atoms with Crippen LogP contribution in [-0.2, 0) is 0 Å². The summed E-state index contributed by atoms with van der Waals surface area (Å²) < 4.78 is 0. The van der Waals surface area contributed by atoms with Gasteiger partial charge in [0, 0.05) is 11.8 Å². The van der Waals surface area contributed by atoms with Crippen LogP contribution in [0, 0.1) is 18.3 Å². The monoisotopic (exact) mass is 148 g/mol. The third kappa shape index (κ3) is 1.24. The van der Waals surface area contributed by atoms with Crippen LogP contribution in [0.4, 0.5) is 5.69 Å². The average Bonchev–Trinajstić information content (AvgIpc) is 1.97. The molecule has 0 heterocycles. The number of phenolic OH excluding ortho intramolecular Hbond substituents is 1. The molecular weight excluding hydrogens is 140 g/mol. The topological polar surface area (TPSA) is 70.0 Å². The highest BCUT2D eigenvalue weighted by Crippen LogP contribution is 2.22. The molecule has 11 heavy (non-hydrogen) atoms. The third-order valence-corrected chi connectivity index (χ3v) is 1.50.